The molecule has 12 nitrogen and oxygen atoms in total. The fraction of sp³-hybridized carbons (Fsp3) is 0.189. The van der Waals surface area contributed by atoms with Crippen molar-refractivity contribution in [2.45, 2.75) is 42.9 Å². The monoisotopic (exact) mass is 836 g/mol. The van der Waals surface area contributed by atoms with E-state index in [1.165, 1.54) is 93.1 Å². The largest absolute Gasteiger partial charge is 0.496 e. The van der Waals surface area contributed by atoms with E-state index in [-0.39, 0.29) is 26.5 Å². The maximum absolute atomic E-state index is 13.6. The van der Waals surface area contributed by atoms with E-state index in [1.807, 2.05) is 10.2 Å². The maximum atomic E-state index is 13.6. The van der Waals surface area contributed by atoms with E-state index in [9.17, 15) is 43.2 Å². The van der Waals surface area contributed by atoms with Crippen molar-refractivity contribution in [3.8, 4) is 33.8 Å². The second kappa shape index (κ2) is 16.2. The van der Waals surface area contributed by atoms with Gasteiger partial charge in [-0.1, -0.05) is 42.5 Å². The van der Waals surface area contributed by atoms with E-state index in [0.717, 1.165) is 0 Å². The average Bonchev–Trinajstić information content (AvgIpc) is 3.77. The number of sulfonamides is 2. The number of nitrogens with one attached hydrogen (secondary N) is 4. The number of anilines is 2. The van der Waals surface area contributed by atoms with E-state index < -0.39 is 61.0 Å². The summed E-state index contributed by atoms with van der Waals surface area (Å²) in [6.45, 7) is 5.05. The van der Waals surface area contributed by atoms with Crippen LogP contribution in [-0.2, 0) is 32.4 Å². The first-order valence-electron chi connectivity index (χ1n) is 16.5. The van der Waals surface area contributed by atoms with Crippen molar-refractivity contribution >= 4 is 31.7 Å². The minimum Gasteiger partial charge on any atom is -0.496 e. The molecule has 0 spiro atoms. The lowest BCUT2D eigenvalue weighted by atomic mass is 9.99. The van der Waals surface area contributed by atoms with Gasteiger partial charge in [-0.3, -0.25) is 19.6 Å². The minimum absolute atomic E-state index is 0.0930. The lowest BCUT2D eigenvalue weighted by Crippen LogP contribution is -2.14. The first-order valence-corrected chi connectivity index (χ1v) is 19.4. The number of rotatable bonds is 10. The molecule has 0 saturated heterocycles. The van der Waals surface area contributed by atoms with Crippen LogP contribution in [-0.4, -0.2) is 51.4 Å². The highest BCUT2D eigenvalue weighted by Crippen LogP contribution is 2.43. The Balaban J connectivity index is 0.000000218. The summed E-state index contributed by atoms with van der Waals surface area (Å²) in [5.41, 5.74) is -0.968. The molecule has 0 saturated carbocycles. The predicted octanol–water partition coefficient (Wildman–Crippen LogP) is 8.74. The fourth-order valence-electron chi connectivity index (χ4n) is 5.83. The highest BCUT2D eigenvalue weighted by molar-refractivity contribution is 7.93. The van der Waals surface area contributed by atoms with E-state index in [1.54, 1.807) is 32.9 Å². The highest BCUT2D eigenvalue weighted by Gasteiger charge is 2.40. The number of aryl methyl sites for hydroxylation is 3. The zero-order valence-corrected chi connectivity index (χ0v) is 32.2. The van der Waals surface area contributed by atoms with Crippen LogP contribution in [0.5, 0.6) is 11.5 Å². The Bertz CT molecular complexity index is 2570. The van der Waals surface area contributed by atoms with Crippen molar-refractivity contribution in [1.29, 1.82) is 0 Å². The first-order chi connectivity index (χ1) is 26.7. The van der Waals surface area contributed by atoms with Gasteiger partial charge in [-0.2, -0.15) is 36.5 Å². The van der Waals surface area contributed by atoms with Gasteiger partial charge in [-0.25, -0.2) is 16.8 Å². The van der Waals surface area contributed by atoms with Gasteiger partial charge in [0.25, 0.3) is 20.0 Å². The molecule has 6 aromatic rings. The van der Waals surface area contributed by atoms with Crippen molar-refractivity contribution in [3.63, 3.8) is 0 Å². The van der Waals surface area contributed by atoms with Gasteiger partial charge in [-0.05, 0) is 97.1 Å². The van der Waals surface area contributed by atoms with Crippen LogP contribution < -0.4 is 18.9 Å². The number of hydrogen-bond acceptors (Lipinski definition) is 8. The molecule has 20 heteroatoms. The van der Waals surface area contributed by atoms with Crippen molar-refractivity contribution in [1.82, 2.24) is 20.4 Å². The van der Waals surface area contributed by atoms with E-state index >= 15 is 0 Å². The Morgan fingerprint density at radius 1 is 0.561 bits per heavy atom. The molecular formula is C37H34F6N6O6S2. The Kier molecular flexibility index (Phi) is 12.0. The van der Waals surface area contributed by atoms with E-state index in [0.29, 0.717) is 28.2 Å². The van der Waals surface area contributed by atoms with Gasteiger partial charge in [0.05, 0.1) is 35.1 Å². The summed E-state index contributed by atoms with van der Waals surface area (Å²) in [6, 6.07) is 22.0. The molecule has 0 atom stereocenters. The smallest absolute Gasteiger partial charge is 0.433 e. The summed E-state index contributed by atoms with van der Waals surface area (Å²) < 4.78 is 146. The number of H-pyrrole nitrogens is 2. The van der Waals surface area contributed by atoms with Gasteiger partial charge in [0, 0.05) is 0 Å². The minimum atomic E-state index is -4.76. The van der Waals surface area contributed by atoms with E-state index in [2.05, 4.69) is 19.6 Å². The Morgan fingerprint density at radius 2 is 0.965 bits per heavy atom. The summed E-state index contributed by atoms with van der Waals surface area (Å²) in [5.74, 6) is 0.148. The number of hydrogen-bond donors (Lipinski definition) is 4. The number of halogens is 6. The standard InChI is InChI=1S/C19H18F3N3O3S.C18H16F3N3O3S/c1-11-9-13(10-12(2)16(11)28-3)15-17(19(20,21)22)23-24-18(15)25-29(26,27)14-7-5-4-6-8-14;1-11-10-12(8-9-14(11)27-2)15-16(18(19,20)21)22-23-17(15)24-28(25,26)13-6-4-3-5-7-13/h4-10H,1-3H3,(H2,23,24,25);3-10H,1-2H3,(H2,22,23,24). The van der Waals surface area contributed by atoms with Crippen molar-refractivity contribution < 1.29 is 52.7 Å². The van der Waals surface area contributed by atoms with Crippen molar-refractivity contribution in [2.24, 2.45) is 0 Å². The molecule has 2 aromatic heterocycles. The molecule has 4 aromatic carbocycles. The number of alkyl halides is 6. The number of nitrogens with zero attached hydrogens (tertiary/aromatic N) is 2. The van der Waals surface area contributed by atoms with Crippen molar-refractivity contribution in [3.05, 3.63) is 119 Å². The Hall–Kier alpha value is -6.02. The average molecular weight is 837 g/mol. The molecule has 0 unspecified atom stereocenters. The molecule has 302 valence electrons. The molecule has 0 fully saturated rings. The summed E-state index contributed by atoms with van der Waals surface area (Å²) in [6.07, 6.45) is -9.52. The Labute approximate surface area is 323 Å². The summed E-state index contributed by atoms with van der Waals surface area (Å²) in [5, 5.41) is 11.0. The molecule has 4 N–H and O–H groups in total. The van der Waals surface area contributed by atoms with Gasteiger partial charge in [0.2, 0.25) is 0 Å². The second-order valence-electron chi connectivity index (χ2n) is 12.3. The predicted molar refractivity (Wildman–Crippen MR) is 200 cm³/mol. The molecule has 57 heavy (non-hydrogen) atoms. The zero-order valence-electron chi connectivity index (χ0n) is 30.6. The zero-order chi connectivity index (χ0) is 41.9. The molecule has 2 heterocycles. The first kappa shape index (κ1) is 42.1. The quantitative estimate of drug-likeness (QED) is 0.0994. The number of methoxy groups -OCH3 is 2. The number of aromatic amines is 2. The molecule has 0 amide bonds. The molecule has 0 bridgehead atoms. The summed E-state index contributed by atoms with van der Waals surface area (Å²) >= 11 is 0. The third-order valence-corrected chi connectivity index (χ3v) is 11.0. The molecule has 6 rings (SSSR count). The molecule has 0 aliphatic rings. The van der Waals surface area contributed by atoms with Crippen LogP contribution in [0.2, 0.25) is 0 Å². The topological polar surface area (TPSA) is 168 Å². The molecule has 0 aliphatic carbocycles. The van der Waals surface area contributed by atoms with Crippen LogP contribution in [0.15, 0.2) is 101 Å². The van der Waals surface area contributed by atoms with Crippen molar-refractivity contribution in [2.75, 3.05) is 23.7 Å². The van der Waals surface area contributed by atoms with Gasteiger partial charge in [0.1, 0.15) is 22.9 Å². The van der Waals surface area contributed by atoms with Gasteiger partial charge in [-0.15, -0.1) is 0 Å². The van der Waals surface area contributed by atoms with Crippen LogP contribution in [0.4, 0.5) is 38.0 Å². The van der Waals surface area contributed by atoms with Gasteiger partial charge < -0.3 is 9.47 Å². The third-order valence-electron chi connectivity index (χ3n) is 8.31. The SMILES string of the molecule is COc1c(C)cc(-c2c(NS(=O)(=O)c3ccccc3)n[nH]c2C(F)(F)F)cc1C.COc1ccc(-c2c(NS(=O)(=O)c3ccccc3)n[nH]c2C(F)(F)F)cc1C. The van der Waals surface area contributed by atoms with Crippen LogP contribution in [0.3, 0.4) is 0 Å². The van der Waals surface area contributed by atoms with Gasteiger partial charge >= 0.3 is 12.4 Å². The maximum Gasteiger partial charge on any atom is 0.433 e. The third kappa shape index (κ3) is 9.34. The van der Waals surface area contributed by atoms with Crippen LogP contribution in [0.1, 0.15) is 28.1 Å². The summed E-state index contributed by atoms with van der Waals surface area (Å²) in [7, 11) is -5.35. The number of aromatic nitrogens is 4. The molecule has 0 radical (unpaired) electrons. The normalized spacial score (nSPS) is 12.1. The highest BCUT2D eigenvalue weighted by atomic mass is 32.2. The lowest BCUT2D eigenvalue weighted by Gasteiger charge is -2.14. The number of benzene rings is 4. The van der Waals surface area contributed by atoms with Crippen LogP contribution in [0, 0.1) is 20.8 Å². The van der Waals surface area contributed by atoms with E-state index in [4.69, 9.17) is 9.47 Å². The summed E-state index contributed by atoms with van der Waals surface area (Å²) in [4.78, 5) is -0.187. The number of ether oxygens (including phenoxy) is 2. The molecule has 0 aliphatic heterocycles. The van der Waals surface area contributed by atoms with Crippen LogP contribution >= 0.6 is 0 Å². The fourth-order valence-corrected chi connectivity index (χ4v) is 7.90. The second-order valence-corrected chi connectivity index (χ2v) is 15.7. The Morgan fingerprint density at radius 3 is 1.33 bits per heavy atom. The van der Waals surface area contributed by atoms with Gasteiger partial charge in [0.15, 0.2) is 11.6 Å². The van der Waals surface area contributed by atoms with Crippen LogP contribution in [0.25, 0.3) is 22.3 Å². The molecular weight excluding hydrogens is 803 g/mol. The lowest BCUT2D eigenvalue weighted by molar-refractivity contribution is -0.141.